The van der Waals surface area contributed by atoms with Crippen LogP contribution in [0.1, 0.15) is 0 Å². The summed E-state index contributed by atoms with van der Waals surface area (Å²) in [4.78, 5) is 0. The van der Waals surface area contributed by atoms with Gasteiger partial charge in [0.1, 0.15) is 6.79 Å². The Morgan fingerprint density at radius 3 is 2.54 bits per heavy atom. The van der Waals surface area contributed by atoms with Crippen molar-refractivity contribution < 1.29 is 19.7 Å². The normalized spacial score (nSPS) is 32.7. The molecule has 3 atom stereocenters. The van der Waals surface area contributed by atoms with Gasteiger partial charge in [0.2, 0.25) is 0 Å². The minimum atomic E-state index is -0.137. The molecule has 4 heteroatoms. The van der Waals surface area contributed by atoms with E-state index in [1.165, 1.54) is 0 Å². The van der Waals surface area contributed by atoms with E-state index in [0.717, 1.165) is 0 Å². The Bertz CT molecular complexity index is 169. The Labute approximate surface area is 77.8 Å². The Hall–Kier alpha value is -0.420. The minimum Gasteiger partial charge on any atom is -0.396 e. The zero-order chi connectivity index (χ0) is 9.68. The van der Waals surface area contributed by atoms with Crippen LogP contribution in [-0.2, 0) is 9.47 Å². The number of hydrogen-bond donors (Lipinski definition) is 2. The van der Waals surface area contributed by atoms with Crippen molar-refractivity contribution in [3.63, 3.8) is 0 Å². The second-order valence-electron chi connectivity index (χ2n) is 3.12. The molecule has 1 aliphatic carbocycles. The third kappa shape index (κ3) is 2.51. The lowest BCUT2D eigenvalue weighted by Crippen LogP contribution is -2.28. The van der Waals surface area contributed by atoms with E-state index in [1.54, 1.807) is 7.11 Å². The first-order valence-electron chi connectivity index (χ1n) is 4.34. The highest BCUT2D eigenvalue weighted by Crippen LogP contribution is 2.27. The lowest BCUT2D eigenvalue weighted by atomic mass is 9.96. The van der Waals surface area contributed by atoms with Crippen LogP contribution >= 0.6 is 0 Å². The fraction of sp³-hybridized carbons (Fsp3) is 0.778. The standard InChI is InChI=1S/C9H16O4/c1-12-6-13-9-3-2-7(4-10)8(9)5-11/h2-3,7-11H,4-6H2,1H3/t7-,8+,9-/m0/s1. The van der Waals surface area contributed by atoms with E-state index in [0.29, 0.717) is 0 Å². The lowest BCUT2D eigenvalue weighted by Gasteiger charge is -2.21. The summed E-state index contributed by atoms with van der Waals surface area (Å²) in [5.41, 5.74) is 0. The van der Waals surface area contributed by atoms with Crippen LogP contribution in [0.4, 0.5) is 0 Å². The predicted molar refractivity (Wildman–Crippen MR) is 47.0 cm³/mol. The van der Waals surface area contributed by atoms with E-state index in [4.69, 9.17) is 19.7 Å². The smallest absolute Gasteiger partial charge is 0.147 e. The van der Waals surface area contributed by atoms with Crippen molar-refractivity contribution >= 4 is 0 Å². The maximum absolute atomic E-state index is 9.07. The summed E-state index contributed by atoms with van der Waals surface area (Å²) in [5, 5.41) is 18.0. The van der Waals surface area contributed by atoms with Crippen LogP contribution in [-0.4, -0.2) is 43.4 Å². The summed E-state index contributed by atoms with van der Waals surface area (Å²) in [6.07, 6.45) is 3.60. The second kappa shape index (κ2) is 5.34. The molecule has 1 rings (SSSR count). The highest BCUT2D eigenvalue weighted by molar-refractivity contribution is 5.07. The van der Waals surface area contributed by atoms with Crippen molar-refractivity contribution in [2.75, 3.05) is 27.1 Å². The van der Waals surface area contributed by atoms with E-state index < -0.39 is 0 Å². The topological polar surface area (TPSA) is 58.9 Å². The van der Waals surface area contributed by atoms with Crippen LogP contribution in [0.2, 0.25) is 0 Å². The molecule has 0 fully saturated rings. The van der Waals surface area contributed by atoms with Gasteiger partial charge in [0, 0.05) is 32.2 Å². The first kappa shape index (κ1) is 10.7. The van der Waals surface area contributed by atoms with E-state index in [2.05, 4.69) is 0 Å². The van der Waals surface area contributed by atoms with Gasteiger partial charge in [0.05, 0.1) is 6.10 Å². The van der Waals surface area contributed by atoms with E-state index in [1.807, 2.05) is 12.2 Å². The molecule has 0 amide bonds. The minimum absolute atomic E-state index is 0.00635. The van der Waals surface area contributed by atoms with Crippen LogP contribution < -0.4 is 0 Å². The van der Waals surface area contributed by atoms with Crippen molar-refractivity contribution in [1.82, 2.24) is 0 Å². The van der Waals surface area contributed by atoms with Crippen LogP contribution in [0.3, 0.4) is 0 Å². The quantitative estimate of drug-likeness (QED) is 0.462. The largest absolute Gasteiger partial charge is 0.396 e. The van der Waals surface area contributed by atoms with E-state index >= 15 is 0 Å². The predicted octanol–water partition coefficient (Wildman–Crippen LogP) is -0.238. The van der Waals surface area contributed by atoms with Crippen molar-refractivity contribution in [2.24, 2.45) is 11.8 Å². The van der Waals surface area contributed by atoms with Crippen LogP contribution in [0, 0.1) is 11.8 Å². The van der Waals surface area contributed by atoms with Gasteiger partial charge >= 0.3 is 0 Å². The molecule has 0 aromatic rings. The van der Waals surface area contributed by atoms with Gasteiger partial charge in [-0.1, -0.05) is 12.2 Å². The van der Waals surface area contributed by atoms with Gasteiger partial charge in [-0.05, 0) is 0 Å². The van der Waals surface area contributed by atoms with Crippen LogP contribution in [0.5, 0.6) is 0 Å². The summed E-state index contributed by atoms with van der Waals surface area (Å²) in [5.74, 6) is -0.0352. The van der Waals surface area contributed by atoms with Crippen molar-refractivity contribution in [3.05, 3.63) is 12.2 Å². The van der Waals surface area contributed by atoms with Gasteiger partial charge in [-0.15, -0.1) is 0 Å². The van der Waals surface area contributed by atoms with Crippen molar-refractivity contribution in [1.29, 1.82) is 0 Å². The fourth-order valence-electron chi connectivity index (χ4n) is 1.54. The molecular formula is C9H16O4. The summed E-state index contributed by atoms with van der Waals surface area (Å²) < 4.78 is 10.1. The molecule has 1 aliphatic rings. The maximum atomic E-state index is 9.07. The molecular weight excluding hydrogens is 172 g/mol. The Morgan fingerprint density at radius 1 is 1.23 bits per heavy atom. The molecule has 0 heterocycles. The second-order valence-corrected chi connectivity index (χ2v) is 3.12. The van der Waals surface area contributed by atoms with Crippen LogP contribution in [0.15, 0.2) is 12.2 Å². The Balaban J connectivity index is 2.42. The van der Waals surface area contributed by atoms with Gasteiger partial charge in [-0.25, -0.2) is 0 Å². The molecule has 0 aromatic heterocycles. The van der Waals surface area contributed by atoms with Gasteiger partial charge < -0.3 is 19.7 Å². The van der Waals surface area contributed by atoms with Gasteiger partial charge in [0.15, 0.2) is 0 Å². The molecule has 0 bridgehead atoms. The number of hydrogen-bond acceptors (Lipinski definition) is 4. The molecule has 4 nitrogen and oxygen atoms in total. The average molecular weight is 188 g/mol. The molecule has 0 aromatic carbocycles. The summed E-state index contributed by atoms with van der Waals surface area (Å²) in [7, 11) is 1.55. The Kier molecular flexibility index (Phi) is 4.38. The van der Waals surface area contributed by atoms with Crippen LogP contribution in [0.25, 0.3) is 0 Å². The molecule has 0 saturated heterocycles. The summed E-state index contributed by atoms with van der Waals surface area (Å²) in [6, 6.07) is 0. The molecule has 2 N–H and O–H groups in total. The van der Waals surface area contributed by atoms with E-state index in [9.17, 15) is 0 Å². The number of aliphatic hydroxyl groups is 2. The zero-order valence-electron chi connectivity index (χ0n) is 7.72. The molecule has 0 saturated carbocycles. The monoisotopic (exact) mass is 188 g/mol. The average Bonchev–Trinajstić information content (AvgIpc) is 2.56. The summed E-state index contributed by atoms with van der Waals surface area (Å²) >= 11 is 0. The third-order valence-corrected chi connectivity index (χ3v) is 2.32. The molecule has 13 heavy (non-hydrogen) atoms. The van der Waals surface area contributed by atoms with Gasteiger partial charge in [0.25, 0.3) is 0 Å². The molecule has 0 radical (unpaired) electrons. The molecule has 0 aliphatic heterocycles. The number of ether oxygens (including phenoxy) is 2. The molecule has 0 spiro atoms. The molecule has 76 valence electrons. The highest BCUT2D eigenvalue weighted by atomic mass is 16.7. The molecule has 0 unspecified atom stereocenters. The Morgan fingerprint density at radius 2 is 2.00 bits per heavy atom. The lowest BCUT2D eigenvalue weighted by molar-refractivity contribution is -0.0827. The maximum Gasteiger partial charge on any atom is 0.147 e. The van der Waals surface area contributed by atoms with Gasteiger partial charge in [-0.3, -0.25) is 0 Å². The number of rotatable bonds is 5. The SMILES string of the molecule is COCO[C@H]1C=C[C@@H](CO)[C@H]1CO. The fourth-order valence-corrected chi connectivity index (χ4v) is 1.54. The first-order chi connectivity index (χ1) is 6.33. The zero-order valence-corrected chi connectivity index (χ0v) is 7.72. The third-order valence-electron chi connectivity index (χ3n) is 2.32. The summed E-state index contributed by atoms with van der Waals surface area (Å²) in [6.45, 7) is 0.283. The van der Waals surface area contributed by atoms with Gasteiger partial charge in [-0.2, -0.15) is 0 Å². The highest BCUT2D eigenvalue weighted by Gasteiger charge is 2.31. The number of aliphatic hydroxyl groups excluding tert-OH is 2. The van der Waals surface area contributed by atoms with E-state index in [-0.39, 0.29) is 37.9 Å². The van der Waals surface area contributed by atoms with Crippen molar-refractivity contribution in [3.8, 4) is 0 Å². The first-order valence-corrected chi connectivity index (χ1v) is 4.34. The van der Waals surface area contributed by atoms with Crippen molar-refractivity contribution in [2.45, 2.75) is 6.10 Å². The number of methoxy groups -OCH3 is 1.